The third kappa shape index (κ3) is 2.44. The standard InChI is InChI=1S/C15H19ClN2/c1-4-18(11(2)3)15-9-12(10-16)13-7-5-6-8-14(13)17-15/h5-9,11H,4,10H2,1-3H3. The van der Waals surface area contributed by atoms with Crippen LogP contribution in [0.25, 0.3) is 10.9 Å². The second-order valence-corrected chi connectivity index (χ2v) is 4.94. The van der Waals surface area contributed by atoms with Crippen LogP contribution >= 0.6 is 11.6 Å². The van der Waals surface area contributed by atoms with Crippen LogP contribution in [0.5, 0.6) is 0 Å². The molecule has 18 heavy (non-hydrogen) atoms. The molecule has 0 N–H and O–H groups in total. The molecule has 1 heterocycles. The van der Waals surface area contributed by atoms with Crippen molar-refractivity contribution >= 4 is 28.3 Å². The van der Waals surface area contributed by atoms with E-state index in [1.807, 2.05) is 18.2 Å². The Balaban J connectivity index is 2.59. The molecular weight excluding hydrogens is 244 g/mol. The van der Waals surface area contributed by atoms with Crippen LogP contribution in [0.3, 0.4) is 0 Å². The number of alkyl halides is 1. The van der Waals surface area contributed by atoms with Gasteiger partial charge in [0.2, 0.25) is 0 Å². The molecule has 0 spiro atoms. The van der Waals surface area contributed by atoms with Gasteiger partial charge in [0, 0.05) is 23.9 Å². The molecule has 1 aromatic carbocycles. The van der Waals surface area contributed by atoms with E-state index in [0.29, 0.717) is 11.9 Å². The normalized spacial score (nSPS) is 11.2. The minimum Gasteiger partial charge on any atom is -0.354 e. The van der Waals surface area contributed by atoms with Gasteiger partial charge in [-0.05, 0) is 38.5 Å². The minimum absolute atomic E-state index is 0.437. The number of hydrogen-bond acceptors (Lipinski definition) is 2. The van der Waals surface area contributed by atoms with Gasteiger partial charge >= 0.3 is 0 Å². The van der Waals surface area contributed by atoms with Gasteiger partial charge in [0.05, 0.1) is 5.52 Å². The average Bonchev–Trinajstić information content (AvgIpc) is 2.38. The fourth-order valence-electron chi connectivity index (χ4n) is 2.28. The zero-order chi connectivity index (χ0) is 13.1. The van der Waals surface area contributed by atoms with E-state index in [-0.39, 0.29) is 0 Å². The average molecular weight is 263 g/mol. The Bertz CT molecular complexity index is 537. The van der Waals surface area contributed by atoms with E-state index in [1.54, 1.807) is 0 Å². The summed E-state index contributed by atoms with van der Waals surface area (Å²) < 4.78 is 0. The topological polar surface area (TPSA) is 16.1 Å². The molecule has 0 aliphatic rings. The molecule has 1 aromatic heterocycles. The number of halogens is 1. The largest absolute Gasteiger partial charge is 0.354 e. The van der Waals surface area contributed by atoms with Crippen LogP contribution < -0.4 is 4.90 Å². The molecule has 96 valence electrons. The first kappa shape index (κ1) is 13.2. The second kappa shape index (κ2) is 5.57. The molecule has 0 aliphatic heterocycles. The van der Waals surface area contributed by atoms with Crippen molar-refractivity contribution in [3.05, 3.63) is 35.9 Å². The summed E-state index contributed by atoms with van der Waals surface area (Å²) >= 11 is 6.06. The van der Waals surface area contributed by atoms with Gasteiger partial charge < -0.3 is 4.90 Å². The van der Waals surface area contributed by atoms with Gasteiger partial charge in [0.25, 0.3) is 0 Å². The molecule has 2 nitrogen and oxygen atoms in total. The van der Waals surface area contributed by atoms with Crippen LogP contribution in [0.1, 0.15) is 26.3 Å². The highest BCUT2D eigenvalue weighted by Gasteiger charge is 2.12. The van der Waals surface area contributed by atoms with Crippen molar-refractivity contribution < 1.29 is 0 Å². The van der Waals surface area contributed by atoms with Crippen LogP contribution in [-0.4, -0.2) is 17.6 Å². The fraction of sp³-hybridized carbons (Fsp3) is 0.400. The third-order valence-electron chi connectivity index (χ3n) is 3.19. The molecular formula is C15H19ClN2. The van der Waals surface area contributed by atoms with Gasteiger partial charge in [0.1, 0.15) is 5.82 Å². The molecule has 0 amide bonds. The van der Waals surface area contributed by atoms with Gasteiger partial charge in [-0.3, -0.25) is 0 Å². The molecule has 0 fully saturated rings. The highest BCUT2D eigenvalue weighted by Crippen LogP contribution is 2.25. The number of aromatic nitrogens is 1. The van der Waals surface area contributed by atoms with E-state index in [2.05, 4.69) is 37.8 Å². The van der Waals surface area contributed by atoms with Crippen LogP contribution in [0.4, 0.5) is 5.82 Å². The Morgan fingerprint density at radius 2 is 2.00 bits per heavy atom. The number of fused-ring (bicyclic) bond motifs is 1. The Morgan fingerprint density at radius 1 is 1.28 bits per heavy atom. The maximum absolute atomic E-state index is 6.06. The first-order valence-electron chi connectivity index (χ1n) is 6.38. The zero-order valence-corrected chi connectivity index (χ0v) is 11.9. The van der Waals surface area contributed by atoms with Crippen molar-refractivity contribution in [2.75, 3.05) is 11.4 Å². The van der Waals surface area contributed by atoms with Crippen LogP contribution in [-0.2, 0) is 5.88 Å². The highest BCUT2D eigenvalue weighted by molar-refractivity contribution is 6.18. The summed E-state index contributed by atoms with van der Waals surface area (Å²) in [5, 5.41) is 1.15. The van der Waals surface area contributed by atoms with Crippen molar-refractivity contribution in [1.29, 1.82) is 0 Å². The summed E-state index contributed by atoms with van der Waals surface area (Å²) in [6, 6.07) is 10.7. The van der Waals surface area contributed by atoms with Crippen LogP contribution in [0, 0.1) is 0 Å². The Kier molecular flexibility index (Phi) is 4.07. The number of hydrogen-bond donors (Lipinski definition) is 0. The Hall–Kier alpha value is -1.28. The molecule has 2 rings (SSSR count). The number of rotatable bonds is 4. The van der Waals surface area contributed by atoms with E-state index in [9.17, 15) is 0 Å². The van der Waals surface area contributed by atoms with Crippen molar-refractivity contribution in [2.45, 2.75) is 32.7 Å². The van der Waals surface area contributed by atoms with Gasteiger partial charge in [-0.25, -0.2) is 4.98 Å². The van der Waals surface area contributed by atoms with Crippen LogP contribution in [0.15, 0.2) is 30.3 Å². The highest BCUT2D eigenvalue weighted by atomic mass is 35.5. The van der Waals surface area contributed by atoms with Gasteiger partial charge in [-0.15, -0.1) is 11.6 Å². The number of pyridine rings is 1. The van der Waals surface area contributed by atoms with E-state index >= 15 is 0 Å². The first-order chi connectivity index (χ1) is 8.67. The van der Waals surface area contributed by atoms with Gasteiger partial charge in [0.15, 0.2) is 0 Å². The van der Waals surface area contributed by atoms with Crippen molar-refractivity contribution in [3.8, 4) is 0 Å². The monoisotopic (exact) mass is 262 g/mol. The molecule has 0 radical (unpaired) electrons. The summed E-state index contributed by atoms with van der Waals surface area (Å²) in [7, 11) is 0. The van der Waals surface area contributed by atoms with Crippen molar-refractivity contribution in [2.24, 2.45) is 0 Å². The number of nitrogens with zero attached hydrogens (tertiary/aromatic N) is 2. The number of benzene rings is 1. The predicted molar refractivity (Wildman–Crippen MR) is 79.5 cm³/mol. The SMILES string of the molecule is CCN(c1cc(CCl)c2ccccc2n1)C(C)C. The molecule has 3 heteroatoms. The summed E-state index contributed by atoms with van der Waals surface area (Å²) in [5.74, 6) is 1.54. The molecule has 0 atom stereocenters. The predicted octanol–water partition coefficient (Wildman–Crippen LogP) is 4.21. The van der Waals surface area contributed by atoms with Gasteiger partial charge in [-0.1, -0.05) is 18.2 Å². The molecule has 2 aromatic rings. The quantitative estimate of drug-likeness (QED) is 0.768. The number of anilines is 1. The summed E-state index contributed by atoms with van der Waals surface area (Å²) in [5.41, 5.74) is 2.17. The molecule has 0 bridgehead atoms. The van der Waals surface area contributed by atoms with E-state index in [4.69, 9.17) is 16.6 Å². The Labute approximate surface area is 114 Å². The first-order valence-corrected chi connectivity index (χ1v) is 6.92. The minimum atomic E-state index is 0.437. The summed E-state index contributed by atoms with van der Waals surface area (Å²) in [4.78, 5) is 7.02. The van der Waals surface area contributed by atoms with E-state index < -0.39 is 0 Å². The van der Waals surface area contributed by atoms with Gasteiger partial charge in [-0.2, -0.15) is 0 Å². The lowest BCUT2D eigenvalue weighted by atomic mass is 10.1. The zero-order valence-electron chi connectivity index (χ0n) is 11.2. The summed E-state index contributed by atoms with van der Waals surface area (Å²) in [6.45, 7) is 7.46. The van der Waals surface area contributed by atoms with Crippen molar-refractivity contribution in [3.63, 3.8) is 0 Å². The second-order valence-electron chi connectivity index (χ2n) is 4.67. The maximum Gasteiger partial charge on any atom is 0.129 e. The van der Waals surface area contributed by atoms with E-state index in [0.717, 1.165) is 28.8 Å². The molecule has 0 saturated carbocycles. The third-order valence-corrected chi connectivity index (χ3v) is 3.48. The number of para-hydroxylation sites is 1. The molecule has 0 saturated heterocycles. The van der Waals surface area contributed by atoms with Crippen molar-refractivity contribution in [1.82, 2.24) is 4.98 Å². The molecule has 0 unspecified atom stereocenters. The maximum atomic E-state index is 6.06. The lowest BCUT2D eigenvalue weighted by molar-refractivity contribution is 0.694. The smallest absolute Gasteiger partial charge is 0.129 e. The van der Waals surface area contributed by atoms with E-state index in [1.165, 1.54) is 0 Å². The van der Waals surface area contributed by atoms with Crippen LogP contribution in [0.2, 0.25) is 0 Å². The fourth-order valence-corrected chi connectivity index (χ4v) is 2.50. The summed E-state index contributed by atoms with van der Waals surface area (Å²) in [6.07, 6.45) is 0. The molecule has 0 aliphatic carbocycles. The Morgan fingerprint density at radius 3 is 2.61 bits per heavy atom. The lowest BCUT2D eigenvalue weighted by Gasteiger charge is -2.27. The lowest BCUT2D eigenvalue weighted by Crippen LogP contribution is -2.31.